The summed E-state index contributed by atoms with van der Waals surface area (Å²) in [5.74, 6) is -0.0955. The number of benzene rings is 2. The molecule has 0 fully saturated rings. The van der Waals surface area contributed by atoms with E-state index in [0.717, 1.165) is 12.7 Å². The molecular weight excluding hydrogens is 446 g/mol. The van der Waals surface area contributed by atoms with Crippen LogP contribution in [0.4, 0.5) is 4.79 Å². The summed E-state index contributed by atoms with van der Waals surface area (Å²) < 4.78 is 41.4. The first-order chi connectivity index (χ1) is 14.5. The van der Waals surface area contributed by atoms with E-state index in [1.54, 1.807) is 19.1 Å². The van der Waals surface area contributed by atoms with Crippen LogP contribution in [-0.2, 0) is 41.6 Å². The second kappa shape index (κ2) is 13.0. The molecule has 1 N–H and O–H groups in total. The zero-order valence-corrected chi connectivity index (χ0v) is 19.2. The maximum atomic E-state index is 12.1. The number of rotatable bonds is 7. The Morgan fingerprint density at radius 1 is 1.06 bits per heavy atom. The van der Waals surface area contributed by atoms with Crippen molar-refractivity contribution in [3.05, 3.63) is 60.2 Å². The predicted molar refractivity (Wildman–Crippen MR) is 115 cm³/mol. The molecule has 0 saturated carbocycles. The van der Waals surface area contributed by atoms with E-state index < -0.39 is 28.5 Å². The van der Waals surface area contributed by atoms with Crippen molar-refractivity contribution in [2.75, 3.05) is 19.6 Å². The normalized spacial score (nSPS) is 11.7. The number of hydrogen-bond acceptors (Lipinski definition) is 8. The Bertz CT molecular complexity index is 931. The van der Waals surface area contributed by atoms with Crippen LogP contribution >= 0.6 is 0 Å². The predicted octanol–water partition coefficient (Wildman–Crippen LogP) is 2.24. The number of carbonyl (C=O) groups is 2. The summed E-state index contributed by atoms with van der Waals surface area (Å²) in [4.78, 5) is 25.0. The van der Waals surface area contributed by atoms with Gasteiger partial charge in [-0.25, -0.2) is 18.0 Å². The van der Waals surface area contributed by atoms with E-state index in [9.17, 15) is 22.6 Å². The van der Waals surface area contributed by atoms with E-state index in [2.05, 4.69) is 22.0 Å². The van der Waals surface area contributed by atoms with E-state index in [4.69, 9.17) is 9.47 Å². The van der Waals surface area contributed by atoms with Gasteiger partial charge in [-0.3, -0.25) is 4.18 Å². The first kappa shape index (κ1) is 26.4. The highest BCUT2D eigenvalue weighted by Gasteiger charge is 2.19. The lowest BCUT2D eigenvalue weighted by Crippen LogP contribution is -2.41. The third kappa shape index (κ3) is 11.4. The Labute approximate surface area is 185 Å². The van der Waals surface area contributed by atoms with Gasteiger partial charge in [-0.2, -0.15) is 0 Å². The van der Waals surface area contributed by atoms with Gasteiger partial charge in [-0.05, 0) is 36.8 Å². The van der Waals surface area contributed by atoms with Gasteiger partial charge in [0, 0.05) is 10.9 Å². The number of ether oxygens (including phenoxy) is 2. The molecule has 170 valence electrons. The van der Waals surface area contributed by atoms with Crippen molar-refractivity contribution in [2.45, 2.75) is 24.5 Å². The van der Waals surface area contributed by atoms with E-state index in [1.807, 2.05) is 42.5 Å². The molecule has 0 aromatic heterocycles. The topological polar surface area (TPSA) is 131 Å². The number of nitrogens with one attached hydrogen (secondary N) is 1. The zero-order valence-electron chi connectivity index (χ0n) is 17.6. The van der Waals surface area contributed by atoms with Gasteiger partial charge < -0.3 is 19.3 Å². The summed E-state index contributed by atoms with van der Waals surface area (Å²) in [7, 11) is -3.45. The Morgan fingerprint density at radius 3 is 2.10 bits per heavy atom. The molecule has 0 aliphatic rings. The molecule has 0 saturated heterocycles. The van der Waals surface area contributed by atoms with Crippen molar-refractivity contribution in [3.8, 4) is 5.75 Å². The minimum Gasteiger partial charge on any atom is -0.726 e. The van der Waals surface area contributed by atoms with Gasteiger partial charge in [0.05, 0.1) is 7.11 Å². The SMILES string of the molecule is COS(=O)(=O)[O-].C[C@H](NC(=O)OCc1ccccc1)C(=O)Oc1ccc([S+](C)C)cc1. The van der Waals surface area contributed by atoms with Crippen LogP contribution in [-0.4, -0.2) is 50.7 Å². The number of alkyl carbamates (subject to hydrolysis) is 1. The summed E-state index contributed by atoms with van der Waals surface area (Å²) in [5.41, 5.74) is 0.874. The smallest absolute Gasteiger partial charge is 0.408 e. The van der Waals surface area contributed by atoms with Crippen molar-refractivity contribution in [1.29, 1.82) is 0 Å². The molecular formula is C20H25NO8S2. The summed E-state index contributed by atoms with van der Waals surface area (Å²) >= 11 is 0. The van der Waals surface area contributed by atoms with Crippen LogP contribution in [0.3, 0.4) is 0 Å². The van der Waals surface area contributed by atoms with Gasteiger partial charge in [0.15, 0.2) is 4.90 Å². The van der Waals surface area contributed by atoms with Crippen molar-refractivity contribution < 1.29 is 36.2 Å². The van der Waals surface area contributed by atoms with Gasteiger partial charge >= 0.3 is 12.1 Å². The highest BCUT2D eigenvalue weighted by molar-refractivity contribution is 7.95. The lowest BCUT2D eigenvalue weighted by Gasteiger charge is -2.13. The molecule has 11 heteroatoms. The monoisotopic (exact) mass is 471 g/mol. The molecule has 0 radical (unpaired) electrons. The Morgan fingerprint density at radius 2 is 1.61 bits per heavy atom. The number of hydrogen-bond donors (Lipinski definition) is 1. The molecule has 2 aromatic carbocycles. The molecule has 2 rings (SSSR count). The fourth-order valence-corrected chi connectivity index (χ4v) is 2.67. The molecule has 31 heavy (non-hydrogen) atoms. The quantitative estimate of drug-likeness (QED) is 0.214. The Hall–Kier alpha value is -2.60. The van der Waals surface area contributed by atoms with Gasteiger partial charge in [0.25, 0.3) is 0 Å². The fraction of sp³-hybridized carbons (Fsp3) is 0.300. The van der Waals surface area contributed by atoms with Crippen LogP contribution < -0.4 is 10.1 Å². The minimum absolute atomic E-state index is 0.145. The summed E-state index contributed by atoms with van der Waals surface area (Å²) in [6.07, 6.45) is 3.58. The lowest BCUT2D eigenvalue weighted by atomic mass is 10.2. The molecule has 1 atom stereocenters. The molecule has 0 aliphatic carbocycles. The molecule has 1 amide bonds. The second-order valence-corrected chi connectivity index (χ2v) is 9.47. The molecule has 0 heterocycles. The van der Waals surface area contributed by atoms with Crippen molar-refractivity contribution >= 4 is 33.4 Å². The Balaban J connectivity index is 0.000000703. The molecule has 0 unspecified atom stereocenters. The third-order valence-corrected chi connectivity index (χ3v) is 5.24. The van der Waals surface area contributed by atoms with Crippen LogP contribution in [0.1, 0.15) is 12.5 Å². The lowest BCUT2D eigenvalue weighted by molar-refractivity contribution is -0.136. The van der Waals surface area contributed by atoms with E-state index in [1.165, 1.54) is 4.90 Å². The fourth-order valence-electron chi connectivity index (χ4n) is 1.98. The van der Waals surface area contributed by atoms with E-state index in [0.29, 0.717) is 5.75 Å². The van der Waals surface area contributed by atoms with Gasteiger partial charge in [0.2, 0.25) is 10.4 Å². The standard InChI is InChI=1S/C19H21NO4S.CH4O4S/c1-14(20-19(22)23-13-15-7-5-4-6-8-15)18(21)24-16-9-11-17(12-10-16)25(2)3;1-5-6(2,3)4/h4-12,14H,13H2,1-3H3;1H3,(H,2,3,4)/t14-;/m0./s1. The van der Waals surface area contributed by atoms with Gasteiger partial charge in [-0.15, -0.1) is 0 Å². The van der Waals surface area contributed by atoms with Crippen molar-refractivity contribution in [2.24, 2.45) is 0 Å². The zero-order chi connectivity index (χ0) is 23.4. The number of amides is 1. The molecule has 2 aromatic rings. The van der Waals surface area contributed by atoms with Crippen LogP contribution in [0.25, 0.3) is 0 Å². The summed E-state index contributed by atoms with van der Waals surface area (Å²) in [6, 6.07) is 15.9. The van der Waals surface area contributed by atoms with E-state index >= 15 is 0 Å². The van der Waals surface area contributed by atoms with Crippen molar-refractivity contribution in [1.82, 2.24) is 5.32 Å². The maximum Gasteiger partial charge on any atom is 0.408 e. The highest BCUT2D eigenvalue weighted by Crippen LogP contribution is 2.16. The summed E-state index contributed by atoms with van der Waals surface area (Å²) in [5, 5.41) is 2.47. The summed E-state index contributed by atoms with van der Waals surface area (Å²) in [6.45, 7) is 1.70. The van der Waals surface area contributed by atoms with Crippen LogP contribution in [0.5, 0.6) is 5.75 Å². The van der Waals surface area contributed by atoms with Crippen LogP contribution in [0.2, 0.25) is 0 Å². The average molecular weight is 472 g/mol. The first-order valence-electron chi connectivity index (χ1n) is 8.90. The van der Waals surface area contributed by atoms with E-state index in [-0.39, 0.29) is 17.5 Å². The highest BCUT2D eigenvalue weighted by atomic mass is 32.3. The van der Waals surface area contributed by atoms with Crippen LogP contribution in [0, 0.1) is 0 Å². The maximum absolute atomic E-state index is 12.1. The van der Waals surface area contributed by atoms with Gasteiger partial charge in [-0.1, -0.05) is 30.3 Å². The average Bonchev–Trinajstić information content (AvgIpc) is 2.73. The minimum atomic E-state index is -4.41. The molecule has 0 spiro atoms. The third-order valence-electron chi connectivity index (χ3n) is 3.62. The Kier molecular flexibility index (Phi) is 11.0. The van der Waals surface area contributed by atoms with Gasteiger partial charge in [0.1, 0.15) is 30.9 Å². The second-order valence-electron chi connectivity index (χ2n) is 6.21. The molecule has 9 nitrogen and oxygen atoms in total. The van der Waals surface area contributed by atoms with Crippen molar-refractivity contribution in [3.63, 3.8) is 0 Å². The molecule has 0 aliphatic heterocycles. The molecule has 0 bridgehead atoms. The number of carbonyl (C=O) groups excluding carboxylic acids is 2. The first-order valence-corrected chi connectivity index (χ1v) is 12.3. The van der Waals surface area contributed by atoms with Crippen LogP contribution in [0.15, 0.2) is 59.5 Å². The number of esters is 1. The largest absolute Gasteiger partial charge is 0.726 e.